The summed E-state index contributed by atoms with van der Waals surface area (Å²) in [7, 11) is 1.31. The standard InChI is InChI=1S/C13H21NO4/c1-17-13(16)14-9-5-8-12(15)18-10-11-6-3-2-4-7-11/h2-3,11H,4-10H2,1H3,(H,14,16). The van der Waals surface area contributed by atoms with Crippen LogP contribution < -0.4 is 5.32 Å². The number of methoxy groups -OCH3 is 1. The van der Waals surface area contributed by atoms with Gasteiger partial charge in [-0.05, 0) is 31.6 Å². The molecule has 5 nitrogen and oxygen atoms in total. The Morgan fingerprint density at radius 1 is 1.39 bits per heavy atom. The van der Waals surface area contributed by atoms with Crippen LogP contribution in [0.25, 0.3) is 0 Å². The molecule has 1 amide bonds. The molecule has 0 aromatic rings. The maximum atomic E-state index is 11.4. The highest BCUT2D eigenvalue weighted by molar-refractivity contribution is 5.69. The highest BCUT2D eigenvalue weighted by Crippen LogP contribution is 2.18. The number of alkyl carbamates (subject to hydrolysis) is 1. The Labute approximate surface area is 108 Å². The lowest BCUT2D eigenvalue weighted by Gasteiger charge is -2.17. The Morgan fingerprint density at radius 3 is 2.89 bits per heavy atom. The van der Waals surface area contributed by atoms with Crippen molar-refractivity contribution < 1.29 is 19.1 Å². The first-order valence-electron chi connectivity index (χ1n) is 6.35. The fourth-order valence-corrected chi connectivity index (χ4v) is 1.79. The van der Waals surface area contributed by atoms with Gasteiger partial charge in [-0.3, -0.25) is 4.79 Å². The number of esters is 1. The van der Waals surface area contributed by atoms with Crippen LogP contribution in [0.3, 0.4) is 0 Å². The molecule has 0 bridgehead atoms. The molecule has 0 aromatic heterocycles. The molecular weight excluding hydrogens is 234 g/mol. The van der Waals surface area contributed by atoms with E-state index < -0.39 is 6.09 Å². The van der Waals surface area contributed by atoms with Gasteiger partial charge in [-0.25, -0.2) is 4.79 Å². The van der Waals surface area contributed by atoms with Gasteiger partial charge in [-0.1, -0.05) is 12.2 Å². The quantitative estimate of drug-likeness (QED) is 0.448. The molecule has 0 heterocycles. The van der Waals surface area contributed by atoms with Crippen LogP contribution in [0.2, 0.25) is 0 Å². The Hall–Kier alpha value is -1.52. The van der Waals surface area contributed by atoms with Gasteiger partial charge in [0.25, 0.3) is 0 Å². The number of amides is 1. The van der Waals surface area contributed by atoms with Crippen LogP contribution in [0.1, 0.15) is 32.1 Å². The second kappa shape index (κ2) is 8.55. The van der Waals surface area contributed by atoms with Crippen LogP contribution >= 0.6 is 0 Å². The monoisotopic (exact) mass is 255 g/mol. The van der Waals surface area contributed by atoms with Gasteiger partial charge >= 0.3 is 12.1 Å². The minimum atomic E-state index is -0.475. The largest absolute Gasteiger partial charge is 0.465 e. The summed E-state index contributed by atoms with van der Waals surface area (Å²) in [5.74, 6) is 0.267. The zero-order chi connectivity index (χ0) is 13.2. The summed E-state index contributed by atoms with van der Waals surface area (Å²) in [6.45, 7) is 0.932. The van der Waals surface area contributed by atoms with E-state index in [1.54, 1.807) is 0 Å². The molecule has 5 heteroatoms. The van der Waals surface area contributed by atoms with Crippen molar-refractivity contribution in [1.82, 2.24) is 5.32 Å². The summed E-state index contributed by atoms with van der Waals surface area (Å²) in [5.41, 5.74) is 0. The van der Waals surface area contributed by atoms with E-state index >= 15 is 0 Å². The van der Waals surface area contributed by atoms with E-state index in [1.165, 1.54) is 7.11 Å². The summed E-state index contributed by atoms with van der Waals surface area (Å²) in [6.07, 6.45) is 7.89. The minimum absolute atomic E-state index is 0.198. The van der Waals surface area contributed by atoms with Crippen LogP contribution in [-0.2, 0) is 14.3 Å². The van der Waals surface area contributed by atoms with Crippen molar-refractivity contribution in [2.45, 2.75) is 32.1 Å². The molecule has 0 spiro atoms. The molecule has 0 aliphatic heterocycles. The van der Waals surface area contributed by atoms with Crippen molar-refractivity contribution in [3.05, 3.63) is 12.2 Å². The number of hydrogen-bond acceptors (Lipinski definition) is 4. The lowest BCUT2D eigenvalue weighted by molar-refractivity contribution is -0.145. The van der Waals surface area contributed by atoms with Crippen molar-refractivity contribution in [2.75, 3.05) is 20.3 Å². The van der Waals surface area contributed by atoms with Gasteiger partial charge in [0, 0.05) is 13.0 Å². The van der Waals surface area contributed by atoms with Gasteiger partial charge in [-0.15, -0.1) is 0 Å². The molecule has 0 fully saturated rings. The van der Waals surface area contributed by atoms with Crippen molar-refractivity contribution in [1.29, 1.82) is 0 Å². The molecule has 18 heavy (non-hydrogen) atoms. The number of hydrogen-bond donors (Lipinski definition) is 1. The molecule has 1 aliphatic carbocycles. The zero-order valence-electron chi connectivity index (χ0n) is 10.8. The van der Waals surface area contributed by atoms with Crippen molar-refractivity contribution in [3.63, 3.8) is 0 Å². The van der Waals surface area contributed by atoms with Gasteiger partial charge in [-0.2, -0.15) is 0 Å². The maximum Gasteiger partial charge on any atom is 0.406 e. The molecule has 0 saturated heterocycles. The highest BCUT2D eigenvalue weighted by atomic mass is 16.5. The maximum absolute atomic E-state index is 11.4. The molecule has 0 radical (unpaired) electrons. The van der Waals surface area contributed by atoms with Gasteiger partial charge in [0.2, 0.25) is 0 Å². The van der Waals surface area contributed by atoms with Crippen LogP contribution in [0.15, 0.2) is 12.2 Å². The number of ether oxygens (including phenoxy) is 2. The number of carbonyl (C=O) groups excluding carboxylic acids is 2. The van der Waals surface area contributed by atoms with E-state index in [-0.39, 0.29) is 5.97 Å². The molecule has 0 aromatic carbocycles. The summed E-state index contributed by atoms with van der Waals surface area (Å²) in [6, 6.07) is 0. The van der Waals surface area contributed by atoms with Gasteiger partial charge in [0.05, 0.1) is 13.7 Å². The normalized spacial score (nSPS) is 18.2. The third-order valence-corrected chi connectivity index (χ3v) is 2.87. The first-order chi connectivity index (χ1) is 8.72. The number of nitrogens with one attached hydrogen (secondary N) is 1. The molecule has 0 saturated carbocycles. The van der Waals surface area contributed by atoms with Crippen LogP contribution in [0.4, 0.5) is 4.79 Å². The van der Waals surface area contributed by atoms with Crippen LogP contribution in [-0.4, -0.2) is 32.3 Å². The van der Waals surface area contributed by atoms with E-state index in [0.29, 0.717) is 31.9 Å². The molecular formula is C13H21NO4. The van der Waals surface area contributed by atoms with Crippen molar-refractivity contribution >= 4 is 12.1 Å². The van der Waals surface area contributed by atoms with E-state index in [0.717, 1.165) is 19.3 Å². The van der Waals surface area contributed by atoms with Crippen molar-refractivity contribution in [3.8, 4) is 0 Å². The van der Waals surface area contributed by atoms with E-state index in [1.807, 2.05) is 0 Å². The molecule has 102 valence electrons. The summed E-state index contributed by atoms with van der Waals surface area (Å²) < 4.78 is 9.61. The SMILES string of the molecule is COC(=O)NCCCC(=O)OCC1CC=CCC1. The third kappa shape index (κ3) is 6.27. The molecule has 1 aliphatic rings. The fourth-order valence-electron chi connectivity index (χ4n) is 1.79. The number of allylic oxidation sites excluding steroid dienone is 2. The highest BCUT2D eigenvalue weighted by Gasteiger charge is 2.12. The van der Waals surface area contributed by atoms with Gasteiger partial charge in [0.15, 0.2) is 0 Å². The lowest BCUT2D eigenvalue weighted by Crippen LogP contribution is -2.24. The summed E-state index contributed by atoms with van der Waals surface area (Å²) in [4.78, 5) is 22.1. The Balaban J connectivity index is 2.00. The van der Waals surface area contributed by atoms with Gasteiger partial charge < -0.3 is 14.8 Å². The summed E-state index contributed by atoms with van der Waals surface area (Å²) >= 11 is 0. The smallest absolute Gasteiger partial charge is 0.406 e. The lowest BCUT2D eigenvalue weighted by atomic mass is 9.95. The number of carbonyl (C=O) groups is 2. The molecule has 1 unspecified atom stereocenters. The first-order valence-corrected chi connectivity index (χ1v) is 6.35. The molecule has 1 rings (SSSR count). The second-order valence-electron chi connectivity index (χ2n) is 4.36. The van der Waals surface area contributed by atoms with Crippen molar-refractivity contribution in [2.24, 2.45) is 5.92 Å². The summed E-state index contributed by atoms with van der Waals surface area (Å²) in [5, 5.41) is 2.52. The average molecular weight is 255 g/mol. The Bertz CT molecular complexity index is 301. The molecule has 1 atom stereocenters. The molecule has 1 N–H and O–H groups in total. The topological polar surface area (TPSA) is 64.6 Å². The number of rotatable bonds is 6. The van der Waals surface area contributed by atoms with E-state index in [2.05, 4.69) is 22.2 Å². The fraction of sp³-hybridized carbons (Fsp3) is 0.692. The predicted molar refractivity (Wildman–Crippen MR) is 67.1 cm³/mol. The Kier molecular flexibility index (Phi) is 6.91. The Morgan fingerprint density at radius 2 is 2.22 bits per heavy atom. The average Bonchev–Trinajstić information content (AvgIpc) is 2.42. The second-order valence-corrected chi connectivity index (χ2v) is 4.36. The third-order valence-electron chi connectivity index (χ3n) is 2.87. The van der Waals surface area contributed by atoms with Crippen LogP contribution in [0, 0.1) is 5.92 Å². The van der Waals surface area contributed by atoms with E-state index in [4.69, 9.17) is 4.74 Å². The zero-order valence-corrected chi connectivity index (χ0v) is 10.8. The van der Waals surface area contributed by atoms with E-state index in [9.17, 15) is 9.59 Å². The predicted octanol–water partition coefficient (Wildman–Crippen LogP) is 2.02. The van der Waals surface area contributed by atoms with Crippen LogP contribution in [0.5, 0.6) is 0 Å². The first kappa shape index (κ1) is 14.5. The minimum Gasteiger partial charge on any atom is -0.465 e. The van der Waals surface area contributed by atoms with Gasteiger partial charge in [0.1, 0.15) is 0 Å².